The Morgan fingerprint density at radius 1 is 0.967 bits per heavy atom. The number of nitrogens with one attached hydrogen (secondary N) is 2. The molecule has 0 spiro atoms. The van der Waals surface area contributed by atoms with Crippen molar-refractivity contribution in [2.75, 3.05) is 13.1 Å². The van der Waals surface area contributed by atoms with E-state index >= 15 is 0 Å². The first-order valence-electron chi connectivity index (χ1n) is 9.29. The van der Waals surface area contributed by atoms with Gasteiger partial charge in [0, 0.05) is 29.2 Å². The third-order valence-corrected chi connectivity index (χ3v) is 6.60. The summed E-state index contributed by atoms with van der Waals surface area (Å²) in [6.07, 6.45) is -0.448. The van der Waals surface area contributed by atoms with Gasteiger partial charge < -0.3 is 4.74 Å². The number of benzene rings is 2. The second-order valence-electron chi connectivity index (χ2n) is 7.02. The maximum atomic E-state index is 13.0. The molecule has 0 unspecified atom stereocenters. The number of carbonyl (C=O) groups is 2. The van der Waals surface area contributed by atoms with Gasteiger partial charge in [0.05, 0.1) is 17.1 Å². The molecule has 0 saturated carbocycles. The van der Waals surface area contributed by atoms with Gasteiger partial charge in [0.1, 0.15) is 0 Å². The molecule has 0 bridgehead atoms. The summed E-state index contributed by atoms with van der Waals surface area (Å²) in [5.41, 5.74) is 4.99. The molecule has 2 aromatic rings. The van der Waals surface area contributed by atoms with E-state index in [0.717, 1.165) is 0 Å². The molecule has 2 aromatic carbocycles. The van der Waals surface area contributed by atoms with Crippen LogP contribution in [0.3, 0.4) is 0 Å². The average molecular weight is 452 g/mol. The molecule has 3 rings (SSSR count). The minimum Gasteiger partial charge on any atom is -0.373 e. The standard InChI is InChI=1S/C20H22ClN3O5S/c1-13-11-24(12-14(2)29-13)30(27,28)18-5-3-4-16(10-18)20(26)23-22-19(25)15-6-8-17(21)9-7-15/h3-10,13-14H,11-12H2,1-2H3,(H,22,25)(H,23,26)/t13-,14-/m0/s1. The highest BCUT2D eigenvalue weighted by molar-refractivity contribution is 7.89. The predicted octanol–water partition coefficient (Wildman–Crippen LogP) is 2.21. The van der Waals surface area contributed by atoms with Gasteiger partial charge in [0.25, 0.3) is 11.8 Å². The number of nitrogens with zero attached hydrogens (tertiary/aromatic N) is 1. The molecule has 8 nitrogen and oxygen atoms in total. The van der Waals surface area contributed by atoms with Crippen molar-refractivity contribution in [3.63, 3.8) is 0 Å². The summed E-state index contributed by atoms with van der Waals surface area (Å²) >= 11 is 5.79. The molecule has 160 valence electrons. The number of hydrazine groups is 1. The molecule has 10 heteroatoms. The van der Waals surface area contributed by atoms with E-state index < -0.39 is 21.8 Å². The van der Waals surface area contributed by atoms with Crippen molar-refractivity contribution < 1.29 is 22.7 Å². The third kappa shape index (κ3) is 5.17. The largest absolute Gasteiger partial charge is 0.373 e. The van der Waals surface area contributed by atoms with Gasteiger partial charge in [-0.1, -0.05) is 17.7 Å². The van der Waals surface area contributed by atoms with E-state index in [1.54, 1.807) is 12.1 Å². The van der Waals surface area contributed by atoms with Crippen LogP contribution in [0.25, 0.3) is 0 Å². The maximum absolute atomic E-state index is 13.0. The van der Waals surface area contributed by atoms with Gasteiger partial charge in [-0.05, 0) is 56.3 Å². The number of morpholine rings is 1. The lowest BCUT2D eigenvalue weighted by Crippen LogP contribution is -2.48. The molecule has 0 radical (unpaired) electrons. The van der Waals surface area contributed by atoms with Crippen molar-refractivity contribution >= 4 is 33.4 Å². The number of hydrogen-bond acceptors (Lipinski definition) is 5. The maximum Gasteiger partial charge on any atom is 0.269 e. The van der Waals surface area contributed by atoms with E-state index in [4.69, 9.17) is 16.3 Å². The van der Waals surface area contributed by atoms with Crippen molar-refractivity contribution in [2.24, 2.45) is 0 Å². The van der Waals surface area contributed by atoms with Crippen LogP contribution >= 0.6 is 11.6 Å². The number of rotatable bonds is 4. The highest BCUT2D eigenvalue weighted by Crippen LogP contribution is 2.22. The fraction of sp³-hybridized carbons (Fsp3) is 0.300. The van der Waals surface area contributed by atoms with Crippen molar-refractivity contribution in [2.45, 2.75) is 31.0 Å². The summed E-state index contributed by atoms with van der Waals surface area (Å²) in [4.78, 5) is 24.5. The van der Waals surface area contributed by atoms with Gasteiger partial charge in [-0.25, -0.2) is 8.42 Å². The summed E-state index contributed by atoms with van der Waals surface area (Å²) in [5.74, 6) is -1.17. The molecule has 30 heavy (non-hydrogen) atoms. The highest BCUT2D eigenvalue weighted by atomic mass is 35.5. The van der Waals surface area contributed by atoms with Gasteiger partial charge in [0.15, 0.2) is 0 Å². The van der Waals surface area contributed by atoms with Gasteiger partial charge in [-0.15, -0.1) is 0 Å². The fourth-order valence-corrected chi connectivity index (χ4v) is 4.90. The molecule has 1 heterocycles. The fourth-order valence-electron chi connectivity index (χ4n) is 3.13. The van der Waals surface area contributed by atoms with Crippen molar-refractivity contribution in [3.05, 3.63) is 64.7 Å². The molecule has 2 N–H and O–H groups in total. The van der Waals surface area contributed by atoms with Crippen molar-refractivity contribution in [3.8, 4) is 0 Å². The molecule has 1 aliphatic heterocycles. The molecule has 1 aliphatic rings. The van der Waals surface area contributed by atoms with E-state index in [-0.39, 0.29) is 35.8 Å². The highest BCUT2D eigenvalue weighted by Gasteiger charge is 2.32. The van der Waals surface area contributed by atoms with Crippen LogP contribution in [0.2, 0.25) is 5.02 Å². The minimum atomic E-state index is -3.79. The Bertz CT molecular complexity index is 1030. The Morgan fingerprint density at radius 2 is 1.53 bits per heavy atom. The Morgan fingerprint density at radius 3 is 2.13 bits per heavy atom. The van der Waals surface area contributed by atoms with Crippen LogP contribution in [0.5, 0.6) is 0 Å². The zero-order chi connectivity index (χ0) is 21.9. The van der Waals surface area contributed by atoms with E-state index in [2.05, 4.69) is 10.9 Å². The van der Waals surface area contributed by atoms with Crippen LogP contribution in [0.15, 0.2) is 53.4 Å². The number of hydrogen-bond donors (Lipinski definition) is 2. The minimum absolute atomic E-state index is 0.000442. The smallest absolute Gasteiger partial charge is 0.269 e. The molecule has 0 aliphatic carbocycles. The Kier molecular flexibility index (Phi) is 6.77. The first-order chi connectivity index (χ1) is 14.2. The Hall–Kier alpha value is -2.46. The summed E-state index contributed by atoms with van der Waals surface area (Å²) in [6, 6.07) is 11.8. The topological polar surface area (TPSA) is 105 Å². The lowest BCUT2D eigenvalue weighted by Gasteiger charge is -2.34. The number of carbonyl (C=O) groups excluding carboxylic acids is 2. The Labute approximate surface area is 180 Å². The summed E-state index contributed by atoms with van der Waals surface area (Å²) < 4.78 is 32.9. The monoisotopic (exact) mass is 451 g/mol. The SMILES string of the molecule is C[C@H]1CN(S(=O)(=O)c2cccc(C(=O)NNC(=O)c3ccc(Cl)cc3)c2)C[C@H](C)O1. The third-order valence-electron chi connectivity index (χ3n) is 4.52. The Balaban J connectivity index is 1.70. The second kappa shape index (κ2) is 9.13. The van der Waals surface area contributed by atoms with Gasteiger partial charge >= 0.3 is 0 Å². The second-order valence-corrected chi connectivity index (χ2v) is 9.40. The van der Waals surface area contributed by atoms with Crippen LogP contribution in [0.4, 0.5) is 0 Å². The molecule has 1 fully saturated rings. The van der Waals surface area contributed by atoms with E-state index in [1.807, 2.05) is 13.8 Å². The summed E-state index contributed by atoms with van der Waals surface area (Å²) in [5, 5.41) is 0.484. The number of ether oxygens (including phenoxy) is 1. The van der Waals surface area contributed by atoms with Gasteiger partial charge in [-0.3, -0.25) is 20.4 Å². The predicted molar refractivity (Wildman–Crippen MR) is 112 cm³/mol. The normalized spacial score (nSPS) is 19.8. The molecular weight excluding hydrogens is 430 g/mol. The molecule has 1 saturated heterocycles. The lowest BCUT2D eigenvalue weighted by molar-refractivity contribution is -0.0440. The number of sulfonamides is 1. The lowest BCUT2D eigenvalue weighted by atomic mass is 10.2. The van der Waals surface area contributed by atoms with Gasteiger partial charge in [0.2, 0.25) is 10.0 Å². The van der Waals surface area contributed by atoms with Crippen LogP contribution < -0.4 is 10.9 Å². The van der Waals surface area contributed by atoms with E-state index in [9.17, 15) is 18.0 Å². The van der Waals surface area contributed by atoms with Crippen molar-refractivity contribution in [1.82, 2.24) is 15.2 Å². The zero-order valence-electron chi connectivity index (χ0n) is 16.5. The summed E-state index contributed by atoms with van der Waals surface area (Å²) in [7, 11) is -3.79. The van der Waals surface area contributed by atoms with Crippen LogP contribution in [-0.4, -0.2) is 49.8 Å². The van der Waals surface area contributed by atoms with E-state index in [1.165, 1.54) is 40.7 Å². The molecule has 2 atom stereocenters. The first kappa shape index (κ1) is 22.2. The van der Waals surface area contributed by atoms with Crippen LogP contribution in [0, 0.1) is 0 Å². The van der Waals surface area contributed by atoms with Gasteiger partial charge in [-0.2, -0.15) is 4.31 Å². The van der Waals surface area contributed by atoms with Crippen molar-refractivity contribution in [1.29, 1.82) is 0 Å². The van der Waals surface area contributed by atoms with E-state index in [0.29, 0.717) is 10.6 Å². The number of halogens is 1. The first-order valence-corrected chi connectivity index (χ1v) is 11.1. The quantitative estimate of drug-likeness (QED) is 0.693. The molecular formula is C20H22ClN3O5S. The summed E-state index contributed by atoms with van der Waals surface area (Å²) in [6.45, 7) is 4.09. The molecule has 0 aromatic heterocycles. The van der Waals surface area contributed by atoms with Crippen LogP contribution in [-0.2, 0) is 14.8 Å². The zero-order valence-corrected chi connectivity index (χ0v) is 18.0. The average Bonchev–Trinajstić information content (AvgIpc) is 2.71. The van der Waals surface area contributed by atoms with Crippen LogP contribution in [0.1, 0.15) is 34.6 Å². The molecule has 2 amide bonds. The number of amides is 2.